The molecule has 3 unspecified atom stereocenters. The maximum atomic E-state index is 13.2. The molecule has 0 aromatic carbocycles. The van der Waals surface area contributed by atoms with Crippen LogP contribution in [0.2, 0.25) is 0 Å². The monoisotopic (exact) mass is 470 g/mol. The predicted octanol–water partition coefficient (Wildman–Crippen LogP) is 1.68. The van der Waals surface area contributed by atoms with Crippen molar-refractivity contribution >= 4 is 38.3 Å². The summed E-state index contributed by atoms with van der Waals surface area (Å²) < 4.78 is 31.9. The minimum Gasteiger partial charge on any atom is -0.381 e. The Morgan fingerprint density at radius 3 is 2.77 bits per heavy atom. The summed E-state index contributed by atoms with van der Waals surface area (Å²) in [4.78, 5) is 31.9. The van der Waals surface area contributed by atoms with Gasteiger partial charge in [0.05, 0.1) is 17.9 Å². The number of anilines is 1. The summed E-state index contributed by atoms with van der Waals surface area (Å²) in [6, 6.07) is -0.650. The first-order chi connectivity index (χ1) is 14.9. The van der Waals surface area contributed by atoms with Crippen LogP contribution in [0, 0.1) is 5.92 Å². The van der Waals surface area contributed by atoms with Crippen molar-refractivity contribution in [2.75, 3.05) is 32.1 Å². The van der Waals surface area contributed by atoms with Crippen molar-refractivity contribution in [2.45, 2.75) is 62.3 Å². The molecule has 0 radical (unpaired) electrons. The number of carbonyl (C=O) groups excluding carboxylic acids is 2. The molecule has 1 aliphatic heterocycles. The Kier molecular flexibility index (Phi) is 6.95. The molecule has 1 saturated heterocycles. The molecule has 9 nitrogen and oxygen atoms in total. The first-order valence-electron chi connectivity index (χ1n) is 10.9. The van der Waals surface area contributed by atoms with E-state index in [0.717, 1.165) is 25.7 Å². The van der Waals surface area contributed by atoms with Gasteiger partial charge in [-0.15, -0.1) is 11.3 Å². The molecular formula is C20H30N4O5S2. The lowest BCUT2D eigenvalue weighted by molar-refractivity contribution is -0.142. The molecule has 31 heavy (non-hydrogen) atoms. The summed E-state index contributed by atoms with van der Waals surface area (Å²) >= 11 is 1.33. The van der Waals surface area contributed by atoms with Crippen molar-refractivity contribution in [1.82, 2.24) is 14.2 Å². The average Bonchev–Trinajstić information content (AvgIpc) is 3.51. The van der Waals surface area contributed by atoms with Gasteiger partial charge in [0.25, 0.3) is 0 Å². The van der Waals surface area contributed by atoms with E-state index < -0.39 is 16.1 Å². The number of hydrogen-bond donors (Lipinski definition) is 1. The SMILES string of the molecule is COC1CCCC(CC(C(=O)Nc2nccs2)N2CCN(S(=O)(=O)C3CC3)CC2=O)C1. The van der Waals surface area contributed by atoms with Gasteiger partial charge >= 0.3 is 0 Å². The first-order valence-corrected chi connectivity index (χ1v) is 13.3. The molecule has 3 fully saturated rings. The number of thiazole rings is 1. The highest BCUT2D eigenvalue weighted by atomic mass is 32.2. The Morgan fingerprint density at radius 1 is 1.32 bits per heavy atom. The molecule has 1 aromatic heterocycles. The number of rotatable bonds is 8. The van der Waals surface area contributed by atoms with Crippen molar-refractivity contribution in [3.05, 3.63) is 11.6 Å². The zero-order chi connectivity index (χ0) is 22.0. The highest BCUT2D eigenvalue weighted by Gasteiger charge is 2.44. The lowest BCUT2D eigenvalue weighted by atomic mass is 9.82. The van der Waals surface area contributed by atoms with Crippen molar-refractivity contribution in [1.29, 1.82) is 0 Å². The van der Waals surface area contributed by atoms with Crippen molar-refractivity contribution in [3.63, 3.8) is 0 Å². The normalized spacial score (nSPS) is 26.6. The smallest absolute Gasteiger partial charge is 0.248 e. The number of piperazine rings is 1. The van der Waals surface area contributed by atoms with Crippen molar-refractivity contribution in [2.24, 2.45) is 5.92 Å². The summed E-state index contributed by atoms with van der Waals surface area (Å²) in [5.41, 5.74) is 0. The minimum atomic E-state index is -3.41. The lowest BCUT2D eigenvalue weighted by Gasteiger charge is -2.40. The molecule has 3 atom stereocenters. The van der Waals surface area contributed by atoms with Gasteiger partial charge in [0.2, 0.25) is 21.8 Å². The van der Waals surface area contributed by atoms with Gasteiger partial charge in [-0.1, -0.05) is 12.8 Å². The van der Waals surface area contributed by atoms with E-state index in [-0.39, 0.29) is 48.7 Å². The van der Waals surface area contributed by atoms with Gasteiger partial charge in [0.15, 0.2) is 5.13 Å². The van der Waals surface area contributed by atoms with Crippen LogP contribution in [-0.2, 0) is 24.3 Å². The second-order valence-corrected chi connectivity index (χ2v) is 11.7. The van der Waals surface area contributed by atoms with Crippen LogP contribution in [0.4, 0.5) is 5.13 Å². The number of ether oxygens (including phenoxy) is 1. The summed E-state index contributed by atoms with van der Waals surface area (Å²) in [7, 11) is -1.70. The van der Waals surface area contributed by atoms with Crippen molar-refractivity contribution in [3.8, 4) is 0 Å². The molecule has 2 amide bonds. The number of aromatic nitrogens is 1. The topological polar surface area (TPSA) is 109 Å². The fourth-order valence-electron chi connectivity index (χ4n) is 4.62. The van der Waals surface area contributed by atoms with Crippen LogP contribution in [0.15, 0.2) is 11.6 Å². The molecule has 1 aromatic rings. The Hall–Kier alpha value is -1.56. The maximum Gasteiger partial charge on any atom is 0.248 e. The average molecular weight is 471 g/mol. The van der Waals surface area contributed by atoms with E-state index in [9.17, 15) is 18.0 Å². The van der Waals surface area contributed by atoms with Crippen LogP contribution in [-0.4, -0.2) is 78.6 Å². The number of amides is 2. The third kappa shape index (κ3) is 5.27. The number of sulfonamides is 1. The van der Waals surface area contributed by atoms with Gasteiger partial charge in [-0.25, -0.2) is 13.4 Å². The Bertz CT molecular complexity index is 887. The summed E-state index contributed by atoms with van der Waals surface area (Å²) in [6.45, 7) is 0.267. The molecule has 11 heteroatoms. The first kappa shape index (κ1) is 22.6. The van der Waals surface area contributed by atoms with E-state index >= 15 is 0 Å². The summed E-state index contributed by atoms with van der Waals surface area (Å²) in [6.07, 6.45) is 7.57. The van der Waals surface area contributed by atoms with Gasteiger partial charge < -0.3 is 15.0 Å². The van der Waals surface area contributed by atoms with Gasteiger partial charge in [0, 0.05) is 31.8 Å². The number of nitrogens with zero attached hydrogens (tertiary/aromatic N) is 3. The van der Waals surface area contributed by atoms with E-state index in [1.807, 2.05) is 0 Å². The number of carbonyl (C=O) groups is 2. The van der Waals surface area contributed by atoms with Crippen LogP contribution in [0.5, 0.6) is 0 Å². The number of hydrogen-bond acceptors (Lipinski definition) is 7. The van der Waals surface area contributed by atoms with Crippen LogP contribution < -0.4 is 5.32 Å². The zero-order valence-electron chi connectivity index (χ0n) is 17.7. The summed E-state index contributed by atoms with van der Waals surface area (Å²) in [5.74, 6) is -0.304. The maximum absolute atomic E-state index is 13.2. The lowest BCUT2D eigenvalue weighted by Crippen LogP contribution is -2.58. The summed E-state index contributed by atoms with van der Waals surface area (Å²) in [5, 5.41) is 4.77. The van der Waals surface area contributed by atoms with Gasteiger partial charge in [-0.3, -0.25) is 9.59 Å². The molecular weight excluding hydrogens is 440 g/mol. The fourth-order valence-corrected chi connectivity index (χ4v) is 6.94. The van der Waals surface area contributed by atoms with Gasteiger partial charge in [0.1, 0.15) is 6.04 Å². The fraction of sp³-hybridized carbons (Fsp3) is 0.750. The molecule has 2 heterocycles. The largest absolute Gasteiger partial charge is 0.381 e. The van der Waals surface area contributed by atoms with Crippen LogP contribution in [0.25, 0.3) is 0 Å². The van der Waals surface area contributed by atoms with Crippen molar-refractivity contribution < 1.29 is 22.7 Å². The highest BCUT2D eigenvalue weighted by molar-refractivity contribution is 7.90. The third-order valence-corrected chi connectivity index (χ3v) is 9.53. The zero-order valence-corrected chi connectivity index (χ0v) is 19.4. The van der Waals surface area contributed by atoms with Crippen LogP contribution in [0.1, 0.15) is 44.9 Å². The molecule has 3 aliphatic rings. The Balaban J connectivity index is 1.48. The van der Waals surface area contributed by atoms with Crippen LogP contribution >= 0.6 is 11.3 Å². The molecule has 2 saturated carbocycles. The Labute approximate surface area is 187 Å². The van der Waals surface area contributed by atoms with E-state index in [1.54, 1.807) is 23.6 Å². The number of methoxy groups -OCH3 is 1. The Morgan fingerprint density at radius 2 is 2.13 bits per heavy atom. The minimum absolute atomic E-state index is 0.178. The molecule has 1 N–H and O–H groups in total. The highest BCUT2D eigenvalue weighted by Crippen LogP contribution is 2.33. The molecule has 4 rings (SSSR count). The van der Waals surface area contributed by atoms with E-state index in [2.05, 4.69) is 10.3 Å². The molecule has 0 spiro atoms. The quantitative estimate of drug-likeness (QED) is 0.619. The molecule has 2 aliphatic carbocycles. The van der Waals surface area contributed by atoms with E-state index in [0.29, 0.717) is 24.4 Å². The van der Waals surface area contributed by atoms with Crippen LogP contribution in [0.3, 0.4) is 0 Å². The number of nitrogens with one attached hydrogen (secondary N) is 1. The van der Waals surface area contributed by atoms with Gasteiger partial charge in [-0.05, 0) is 38.0 Å². The standard InChI is InChI=1S/C20H30N4O5S2/c1-29-15-4-2-3-14(11-15)12-17(19(26)22-20-21-7-10-30-20)24-9-8-23(13-18(24)25)31(27,28)16-5-6-16/h7,10,14-17H,2-6,8-9,11-13H2,1H3,(H,21,22,26). The second kappa shape index (κ2) is 9.51. The molecule has 172 valence electrons. The van der Waals surface area contributed by atoms with E-state index in [4.69, 9.17) is 4.74 Å². The predicted molar refractivity (Wildman–Crippen MR) is 117 cm³/mol. The second-order valence-electron chi connectivity index (χ2n) is 8.63. The van der Waals surface area contributed by atoms with E-state index in [1.165, 1.54) is 15.6 Å². The third-order valence-electron chi connectivity index (χ3n) is 6.49. The van der Waals surface area contributed by atoms with Gasteiger partial charge in [-0.2, -0.15) is 4.31 Å². The molecule has 0 bridgehead atoms.